The molecule has 36 heavy (non-hydrogen) atoms. The van der Waals surface area contributed by atoms with Crippen LogP contribution in [0.4, 0.5) is 0 Å². The van der Waals surface area contributed by atoms with Crippen molar-refractivity contribution >= 4 is 29.7 Å². The third-order valence-electron chi connectivity index (χ3n) is 5.25. The van der Waals surface area contributed by atoms with Crippen molar-refractivity contribution in [1.29, 1.82) is 0 Å². The van der Waals surface area contributed by atoms with Crippen LogP contribution in [0.2, 0.25) is 0 Å². The van der Waals surface area contributed by atoms with Crippen molar-refractivity contribution < 1.29 is 42.9 Å². The van der Waals surface area contributed by atoms with Crippen LogP contribution < -0.4 is 0 Å². The number of carbonyl (C=O) groups excluding carboxylic acids is 5. The molecule has 198 valence electrons. The van der Waals surface area contributed by atoms with Gasteiger partial charge in [0.1, 0.15) is 12.2 Å². The second-order valence-electron chi connectivity index (χ2n) is 8.33. The number of esters is 4. The molecule has 0 fully saturated rings. The Labute approximate surface area is 212 Å². The van der Waals surface area contributed by atoms with E-state index in [1.807, 2.05) is 6.92 Å². The molecule has 0 aromatic heterocycles. The summed E-state index contributed by atoms with van der Waals surface area (Å²) in [5.74, 6) is -2.27. The van der Waals surface area contributed by atoms with E-state index in [-0.39, 0.29) is 30.6 Å². The van der Waals surface area contributed by atoms with Crippen LogP contribution in [0.1, 0.15) is 66.2 Å². The molecule has 9 heteroatoms. The van der Waals surface area contributed by atoms with Crippen molar-refractivity contribution in [3.63, 3.8) is 0 Å². The topological polar surface area (TPSA) is 122 Å². The number of hydrogen-bond donors (Lipinski definition) is 0. The Bertz CT molecular complexity index is 926. The Morgan fingerprint density at radius 2 is 1.61 bits per heavy atom. The highest BCUT2D eigenvalue weighted by Crippen LogP contribution is 2.35. The van der Waals surface area contributed by atoms with Crippen molar-refractivity contribution in [3.05, 3.63) is 48.1 Å². The first kappa shape index (κ1) is 30.5. The third-order valence-corrected chi connectivity index (χ3v) is 5.25. The van der Waals surface area contributed by atoms with Crippen LogP contribution in [0.5, 0.6) is 0 Å². The van der Waals surface area contributed by atoms with Crippen molar-refractivity contribution in [1.82, 2.24) is 0 Å². The van der Waals surface area contributed by atoms with Gasteiger partial charge in [0.25, 0.3) is 0 Å². The molecular weight excluding hydrogens is 468 g/mol. The first-order valence-electron chi connectivity index (χ1n) is 11.9. The second-order valence-corrected chi connectivity index (χ2v) is 8.33. The maximum Gasteiger partial charge on any atom is 0.305 e. The fourth-order valence-electron chi connectivity index (χ4n) is 3.64. The van der Waals surface area contributed by atoms with Crippen molar-refractivity contribution in [2.45, 2.75) is 84.0 Å². The molecule has 3 atom stereocenters. The Kier molecular flexibility index (Phi) is 13.1. The van der Waals surface area contributed by atoms with Gasteiger partial charge in [-0.25, -0.2) is 0 Å². The number of methoxy groups -OCH3 is 1. The molecule has 9 nitrogen and oxygen atoms in total. The molecular formula is C27H36O9. The zero-order valence-corrected chi connectivity index (χ0v) is 21.6. The molecule has 0 spiro atoms. The van der Waals surface area contributed by atoms with Crippen LogP contribution in [0.3, 0.4) is 0 Å². The van der Waals surface area contributed by atoms with E-state index in [2.05, 4.69) is 4.74 Å². The first-order valence-corrected chi connectivity index (χ1v) is 11.9. The average molecular weight is 505 g/mol. The standard InChI is InChI=1S/C27H36O9/c1-6-7-10-22(34-19(2)28)12-9-17-27(36-21(4)30)18-16-25(31)24(27)13-8-11-23(35-20(3)29)14-15-26(32)33-5/h8-9,11-13,16,18,22-23H,6-7,10,14-15,17H2,1-5H3. The molecule has 0 amide bonds. The highest BCUT2D eigenvalue weighted by Gasteiger charge is 2.41. The molecule has 0 radical (unpaired) electrons. The first-order chi connectivity index (χ1) is 17.0. The summed E-state index contributed by atoms with van der Waals surface area (Å²) in [6, 6.07) is 0. The molecule has 0 N–H and O–H groups in total. The summed E-state index contributed by atoms with van der Waals surface area (Å²) in [4.78, 5) is 58.9. The molecule has 0 aliphatic heterocycles. The van der Waals surface area contributed by atoms with Crippen LogP contribution in [0.25, 0.3) is 0 Å². The maximum absolute atomic E-state index is 12.6. The fraction of sp³-hybridized carbons (Fsp3) is 0.519. The Hall–Kier alpha value is -3.49. The van der Waals surface area contributed by atoms with Crippen LogP contribution >= 0.6 is 0 Å². The lowest BCUT2D eigenvalue weighted by Gasteiger charge is -2.27. The molecule has 0 aromatic rings. The zero-order valence-electron chi connectivity index (χ0n) is 21.6. The van der Waals surface area contributed by atoms with Crippen LogP contribution in [-0.2, 0) is 42.9 Å². The fourth-order valence-corrected chi connectivity index (χ4v) is 3.64. The molecule has 1 rings (SSSR count). The molecule has 0 heterocycles. The van der Waals surface area contributed by atoms with Gasteiger partial charge in [-0.1, -0.05) is 31.6 Å². The molecule has 0 aromatic carbocycles. The molecule has 0 saturated heterocycles. The highest BCUT2D eigenvalue weighted by atomic mass is 16.6. The minimum Gasteiger partial charge on any atom is -0.469 e. The molecule has 1 aliphatic rings. The summed E-state index contributed by atoms with van der Waals surface area (Å²) in [7, 11) is 1.27. The summed E-state index contributed by atoms with van der Waals surface area (Å²) < 4.78 is 20.7. The van der Waals surface area contributed by atoms with E-state index >= 15 is 0 Å². The zero-order chi connectivity index (χ0) is 27.1. The van der Waals surface area contributed by atoms with Gasteiger partial charge in [0, 0.05) is 39.2 Å². The Morgan fingerprint density at radius 3 is 2.17 bits per heavy atom. The van der Waals surface area contributed by atoms with Gasteiger partial charge in [0.15, 0.2) is 11.4 Å². The van der Waals surface area contributed by atoms with Crippen LogP contribution in [0, 0.1) is 0 Å². The van der Waals surface area contributed by atoms with E-state index in [4.69, 9.17) is 14.2 Å². The second kappa shape index (κ2) is 15.5. The van der Waals surface area contributed by atoms with Crippen LogP contribution in [-0.4, -0.2) is 54.6 Å². The molecule has 3 unspecified atom stereocenters. The van der Waals surface area contributed by atoms with Gasteiger partial charge in [-0.15, -0.1) is 0 Å². The summed E-state index contributed by atoms with van der Waals surface area (Å²) in [6.45, 7) is 5.88. The predicted molar refractivity (Wildman–Crippen MR) is 132 cm³/mol. The predicted octanol–water partition coefficient (Wildman–Crippen LogP) is 3.86. The quantitative estimate of drug-likeness (QED) is 0.150. The molecule has 1 aliphatic carbocycles. The van der Waals surface area contributed by atoms with E-state index in [1.54, 1.807) is 18.2 Å². The minimum atomic E-state index is -1.34. The van der Waals surface area contributed by atoms with Gasteiger partial charge in [0.05, 0.1) is 7.11 Å². The van der Waals surface area contributed by atoms with Crippen molar-refractivity contribution in [2.75, 3.05) is 7.11 Å². The lowest BCUT2D eigenvalue weighted by molar-refractivity contribution is -0.149. The average Bonchev–Trinajstić information content (AvgIpc) is 3.09. The van der Waals surface area contributed by atoms with Gasteiger partial charge >= 0.3 is 23.9 Å². The number of ketones is 1. The monoisotopic (exact) mass is 504 g/mol. The van der Waals surface area contributed by atoms with Crippen LogP contribution in [0.15, 0.2) is 48.1 Å². The summed E-state index contributed by atoms with van der Waals surface area (Å²) in [6.07, 6.45) is 12.6. The van der Waals surface area contributed by atoms with Gasteiger partial charge < -0.3 is 18.9 Å². The lowest BCUT2D eigenvalue weighted by atomic mass is 9.91. The normalized spacial score (nSPS) is 20.0. The minimum absolute atomic E-state index is 0.0412. The number of rotatable bonds is 14. The van der Waals surface area contributed by atoms with E-state index in [0.29, 0.717) is 6.42 Å². The molecule has 0 saturated carbocycles. The molecule has 0 bridgehead atoms. The largest absolute Gasteiger partial charge is 0.469 e. The highest BCUT2D eigenvalue weighted by molar-refractivity contribution is 6.09. The maximum atomic E-state index is 12.6. The number of unbranched alkanes of at least 4 members (excludes halogenated alkanes) is 1. The van der Waals surface area contributed by atoms with Crippen molar-refractivity contribution in [3.8, 4) is 0 Å². The van der Waals surface area contributed by atoms with E-state index in [1.165, 1.54) is 52.2 Å². The number of hydrogen-bond acceptors (Lipinski definition) is 9. The smallest absolute Gasteiger partial charge is 0.305 e. The van der Waals surface area contributed by atoms with Gasteiger partial charge in [0.2, 0.25) is 0 Å². The van der Waals surface area contributed by atoms with E-state index < -0.39 is 41.7 Å². The Morgan fingerprint density at radius 1 is 0.972 bits per heavy atom. The Balaban J connectivity index is 3.16. The lowest BCUT2D eigenvalue weighted by Crippen LogP contribution is -2.33. The van der Waals surface area contributed by atoms with Crippen molar-refractivity contribution in [2.24, 2.45) is 0 Å². The number of carbonyl (C=O) groups is 5. The SMILES string of the molecule is CCCCC(C=CCC1(OC(C)=O)C=CC(=O)C1=CC=CC(CCC(=O)OC)OC(C)=O)OC(C)=O. The van der Waals surface area contributed by atoms with E-state index in [0.717, 1.165) is 12.8 Å². The van der Waals surface area contributed by atoms with Gasteiger partial charge in [-0.05, 0) is 43.6 Å². The van der Waals surface area contributed by atoms with Gasteiger partial charge in [-0.3, -0.25) is 24.0 Å². The number of ether oxygens (including phenoxy) is 4. The number of allylic oxidation sites excluding steroid dienone is 3. The third kappa shape index (κ3) is 10.8. The summed E-state index contributed by atoms with van der Waals surface area (Å²) in [5, 5.41) is 0. The van der Waals surface area contributed by atoms with Gasteiger partial charge in [-0.2, -0.15) is 0 Å². The summed E-state index contributed by atoms with van der Waals surface area (Å²) >= 11 is 0. The summed E-state index contributed by atoms with van der Waals surface area (Å²) in [5.41, 5.74) is -1.12. The van der Waals surface area contributed by atoms with E-state index in [9.17, 15) is 24.0 Å².